The van der Waals surface area contributed by atoms with Crippen LogP contribution in [0.15, 0.2) is 133 Å². The molecule has 9 rings (SSSR count). The molecule has 0 aliphatic heterocycles. The zero-order chi connectivity index (χ0) is 39.4. The zero-order valence-corrected chi connectivity index (χ0v) is 34.1. The second-order valence-corrected chi connectivity index (χ2v) is 18.3. The summed E-state index contributed by atoms with van der Waals surface area (Å²) in [6.45, 7) is 11.4. The number of nitrogens with zero attached hydrogens (tertiary/aromatic N) is 2. The van der Waals surface area contributed by atoms with Gasteiger partial charge in [-0.2, -0.15) is 0 Å². The van der Waals surface area contributed by atoms with E-state index in [1.165, 1.54) is 6.16 Å². The van der Waals surface area contributed by atoms with Gasteiger partial charge in [-0.15, -0.1) is 7.92 Å². The van der Waals surface area contributed by atoms with Gasteiger partial charge in [0.2, 0.25) is 0 Å². The number of para-hydroxylation sites is 4. The van der Waals surface area contributed by atoms with E-state index in [1.807, 2.05) is 24.3 Å². The molecular weight excluding hydrogens is 720 g/mol. The molecule has 7 aromatic carbocycles. The van der Waals surface area contributed by atoms with Crippen molar-refractivity contribution >= 4 is 51.5 Å². The van der Waals surface area contributed by atoms with Gasteiger partial charge in [-0.05, 0) is 130 Å². The summed E-state index contributed by atoms with van der Waals surface area (Å²) in [6.07, 6.45) is 3.18. The summed E-state index contributed by atoms with van der Waals surface area (Å²) in [6, 6.07) is 45.9. The Hall–Kier alpha value is -6.03. The highest BCUT2D eigenvalue weighted by Crippen LogP contribution is 2.50. The number of ether oxygens (including phenoxy) is 1. The van der Waals surface area contributed by atoms with Crippen LogP contribution in [0.25, 0.3) is 77.2 Å². The lowest BCUT2D eigenvalue weighted by molar-refractivity contribution is 0.312. The minimum Gasteiger partial charge on any atom is -0.505 e. The molecule has 0 bridgehead atoms. The van der Waals surface area contributed by atoms with E-state index in [2.05, 4.69) is 152 Å². The first kappa shape index (κ1) is 36.6. The number of aryl methyl sites for hydroxylation is 3. The van der Waals surface area contributed by atoms with Gasteiger partial charge >= 0.3 is 0 Å². The fourth-order valence-corrected chi connectivity index (χ4v) is 9.52. The van der Waals surface area contributed by atoms with Crippen LogP contribution in [-0.2, 0) is 0 Å². The van der Waals surface area contributed by atoms with Gasteiger partial charge < -0.3 is 24.1 Å². The number of phenolic OH excluding ortho intramolecular Hbond substituents is 2. The lowest BCUT2D eigenvalue weighted by Gasteiger charge is -2.22. The molecule has 0 aliphatic carbocycles. The smallest absolute Gasteiger partial charge is 0.147 e. The first-order valence-corrected chi connectivity index (χ1v) is 22.2. The summed E-state index contributed by atoms with van der Waals surface area (Å²) in [7, 11) is 0.00221. The van der Waals surface area contributed by atoms with Crippen molar-refractivity contribution in [2.24, 2.45) is 0 Å². The van der Waals surface area contributed by atoms with Crippen LogP contribution in [0, 0.1) is 20.8 Å². The molecule has 2 aromatic heterocycles. The highest BCUT2D eigenvalue weighted by atomic mass is 31.1. The molecule has 57 heavy (non-hydrogen) atoms. The van der Waals surface area contributed by atoms with E-state index in [1.54, 1.807) is 0 Å². The highest BCUT2D eigenvalue weighted by molar-refractivity contribution is 7.55. The van der Waals surface area contributed by atoms with Crippen molar-refractivity contribution in [2.45, 2.75) is 33.6 Å². The molecule has 2 heterocycles. The van der Waals surface area contributed by atoms with E-state index >= 15 is 0 Å². The van der Waals surface area contributed by atoms with Gasteiger partial charge in [0.05, 0.1) is 40.0 Å². The number of aromatic hydroxyl groups is 2. The Bertz CT molecular complexity index is 2690. The van der Waals surface area contributed by atoms with Crippen LogP contribution in [0.1, 0.15) is 29.5 Å². The minimum absolute atomic E-state index is 0.00221. The number of hydrogen-bond donors (Lipinski definition) is 2. The third kappa shape index (κ3) is 6.41. The molecular formula is C51H47N2O3P. The molecule has 0 fully saturated rings. The van der Waals surface area contributed by atoms with Crippen LogP contribution in [-0.4, -0.2) is 45.4 Å². The standard InChI is InChI=1S/C51H47N2O3P/c1-32-28-41(39-26-33(2)30-47(49(39)54)52-43-20-10-6-16-35(43)36-17-7-11-21-44(36)52)51(56-24-14-15-25-57(4)5)42(29-32)40-27-34(3)31-48(50(40)55)53-45-22-12-8-18-37(45)38-19-9-13-23-46(38)53/h6-13,16-23,26-31,54-55H,14-15,24-25H2,1-5H3. The molecule has 9 aromatic rings. The number of aromatic nitrogens is 2. The Morgan fingerprint density at radius 3 is 1.21 bits per heavy atom. The fraction of sp³-hybridized carbons (Fsp3) is 0.176. The minimum atomic E-state index is 0.00221. The number of rotatable bonds is 10. The van der Waals surface area contributed by atoms with Crippen molar-refractivity contribution in [1.29, 1.82) is 0 Å². The SMILES string of the molecule is Cc1cc(-c2cc(C)cc(-n3c4ccccc4c4ccccc43)c2O)c(OCCCCP(C)C)c(-c2cc(C)cc(-n3c4ccccc4c4ccccc43)c2O)c1. The fourth-order valence-electron chi connectivity index (χ4n) is 8.67. The van der Waals surface area contributed by atoms with E-state index in [0.29, 0.717) is 34.9 Å². The van der Waals surface area contributed by atoms with Crippen molar-refractivity contribution in [1.82, 2.24) is 9.13 Å². The summed E-state index contributed by atoms with van der Waals surface area (Å²) < 4.78 is 11.3. The van der Waals surface area contributed by atoms with E-state index in [0.717, 1.165) is 84.3 Å². The van der Waals surface area contributed by atoms with Crippen LogP contribution in [0.5, 0.6) is 17.2 Å². The lowest BCUT2D eigenvalue weighted by atomic mass is 9.91. The maximum atomic E-state index is 12.5. The van der Waals surface area contributed by atoms with Crippen LogP contribution < -0.4 is 4.74 Å². The largest absolute Gasteiger partial charge is 0.505 e. The van der Waals surface area contributed by atoms with Crippen LogP contribution >= 0.6 is 7.92 Å². The van der Waals surface area contributed by atoms with Gasteiger partial charge in [0, 0.05) is 43.8 Å². The lowest BCUT2D eigenvalue weighted by Crippen LogP contribution is -2.04. The second-order valence-electron chi connectivity index (χ2n) is 15.6. The van der Waals surface area contributed by atoms with Gasteiger partial charge in [0.15, 0.2) is 0 Å². The monoisotopic (exact) mass is 766 g/mol. The average Bonchev–Trinajstić information content (AvgIpc) is 3.72. The number of unbranched alkanes of at least 4 members (excludes halogenated alkanes) is 1. The molecule has 0 spiro atoms. The third-order valence-electron chi connectivity index (χ3n) is 11.2. The number of benzene rings is 7. The van der Waals surface area contributed by atoms with Crippen LogP contribution in [0.2, 0.25) is 0 Å². The molecule has 0 atom stereocenters. The van der Waals surface area contributed by atoms with E-state index in [4.69, 9.17) is 4.74 Å². The summed E-state index contributed by atoms with van der Waals surface area (Å²) in [5.74, 6) is 1.00. The Morgan fingerprint density at radius 2 is 0.825 bits per heavy atom. The summed E-state index contributed by atoms with van der Waals surface area (Å²) >= 11 is 0. The normalized spacial score (nSPS) is 11.8. The van der Waals surface area contributed by atoms with Crippen LogP contribution in [0.4, 0.5) is 0 Å². The number of fused-ring (bicyclic) bond motifs is 6. The third-order valence-corrected chi connectivity index (χ3v) is 12.4. The van der Waals surface area contributed by atoms with E-state index in [9.17, 15) is 10.2 Å². The van der Waals surface area contributed by atoms with Gasteiger partial charge in [-0.3, -0.25) is 0 Å². The van der Waals surface area contributed by atoms with E-state index in [-0.39, 0.29) is 19.4 Å². The van der Waals surface area contributed by atoms with Crippen LogP contribution in [0.3, 0.4) is 0 Å². The van der Waals surface area contributed by atoms with Crippen molar-refractivity contribution in [3.8, 4) is 50.9 Å². The Kier molecular flexibility index (Phi) is 9.51. The molecule has 0 unspecified atom stereocenters. The molecule has 5 nitrogen and oxygen atoms in total. The number of phenols is 2. The predicted octanol–water partition coefficient (Wildman–Crippen LogP) is 13.5. The van der Waals surface area contributed by atoms with Gasteiger partial charge in [-0.25, -0.2) is 0 Å². The quantitative estimate of drug-likeness (QED) is 0.108. The topological polar surface area (TPSA) is 59.5 Å². The van der Waals surface area contributed by atoms with Crippen molar-refractivity contribution in [3.05, 3.63) is 150 Å². The highest BCUT2D eigenvalue weighted by Gasteiger charge is 2.25. The Labute approximate surface area is 335 Å². The Balaban J connectivity index is 1.28. The molecule has 0 amide bonds. The maximum Gasteiger partial charge on any atom is 0.147 e. The summed E-state index contributed by atoms with van der Waals surface area (Å²) in [5, 5.41) is 29.6. The Morgan fingerprint density at radius 1 is 0.474 bits per heavy atom. The predicted molar refractivity (Wildman–Crippen MR) is 242 cm³/mol. The first-order chi connectivity index (χ1) is 27.7. The molecule has 0 radical (unpaired) electrons. The van der Waals surface area contributed by atoms with Crippen molar-refractivity contribution in [3.63, 3.8) is 0 Å². The van der Waals surface area contributed by atoms with Crippen molar-refractivity contribution in [2.75, 3.05) is 26.1 Å². The summed E-state index contributed by atoms with van der Waals surface area (Å²) in [5.41, 5.74) is 11.5. The second kappa shape index (κ2) is 14.8. The van der Waals surface area contributed by atoms with Crippen molar-refractivity contribution < 1.29 is 14.9 Å². The molecule has 284 valence electrons. The van der Waals surface area contributed by atoms with Gasteiger partial charge in [0.25, 0.3) is 0 Å². The molecule has 0 saturated carbocycles. The molecule has 0 aliphatic rings. The number of hydrogen-bond acceptors (Lipinski definition) is 3. The zero-order valence-electron chi connectivity index (χ0n) is 33.2. The van der Waals surface area contributed by atoms with E-state index < -0.39 is 0 Å². The average molecular weight is 767 g/mol. The maximum absolute atomic E-state index is 12.5. The van der Waals surface area contributed by atoms with Gasteiger partial charge in [-0.1, -0.05) is 72.8 Å². The molecule has 2 N–H and O–H groups in total. The summed E-state index contributed by atoms with van der Waals surface area (Å²) in [4.78, 5) is 0. The van der Waals surface area contributed by atoms with Gasteiger partial charge in [0.1, 0.15) is 17.2 Å². The molecule has 6 heteroatoms. The first-order valence-electron chi connectivity index (χ1n) is 19.8. The molecule has 0 saturated heterocycles.